The van der Waals surface area contributed by atoms with Crippen molar-refractivity contribution < 1.29 is 53.7 Å². The largest absolute Gasteiger partial charge is 0.508 e. The van der Waals surface area contributed by atoms with Gasteiger partial charge in [0.05, 0.1) is 18.2 Å². The Morgan fingerprint density at radius 2 is 1.31 bits per heavy atom. The lowest BCUT2D eigenvalue weighted by Gasteiger charge is -2.32. The molecule has 0 saturated carbocycles. The highest BCUT2D eigenvalue weighted by Crippen LogP contribution is 2.21. The molecule has 7 amide bonds. The monoisotopic (exact) mass is 874 g/mol. The Morgan fingerprint density at radius 3 is 1.89 bits per heavy atom. The van der Waals surface area contributed by atoms with E-state index in [-0.39, 0.29) is 49.8 Å². The predicted octanol–water partition coefficient (Wildman–Crippen LogP) is 1.02. The molecule has 0 aliphatic carbocycles. The highest BCUT2D eigenvalue weighted by molar-refractivity contribution is 5.97. The second-order valence-electron chi connectivity index (χ2n) is 16.9. The average molecular weight is 874 g/mol. The number of phenolic OH excluding ortho intramolecular Hbond substituents is 1. The van der Waals surface area contributed by atoms with E-state index in [0.717, 1.165) is 32.1 Å². The van der Waals surface area contributed by atoms with Crippen molar-refractivity contribution >= 4 is 47.6 Å². The number of aldehydes is 1. The number of phenols is 1. The van der Waals surface area contributed by atoms with Crippen LogP contribution in [-0.2, 0) is 44.8 Å². The summed E-state index contributed by atoms with van der Waals surface area (Å²) < 4.78 is 0. The zero-order valence-corrected chi connectivity index (χ0v) is 37.4. The van der Waals surface area contributed by atoms with Crippen LogP contribution in [0.15, 0.2) is 24.3 Å². The number of hydrogen-bond donors (Lipinski definition) is 9. The van der Waals surface area contributed by atoms with Crippen LogP contribution in [0.1, 0.15) is 125 Å². The predicted molar refractivity (Wildman–Crippen MR) is 231 cm³/mol. The maximum absolute atomic E-state index is 13.9. The molecular weight excluding hydrogens is 803 g/mol. The van der Waals surface area contributed by atoms with E-state index in [1.807, 2.05) is 13.8 Å². The van der Waals surface area contributed by atoms with Gasteiger partial charge >= 0.3 is 0 Å². The first-order chi connectivity index (χ1) is 29.3. The maximum Gasteiger partial charge on any atom is 0.248 e. The number of aromatic hydroxyl groups is 1. The summed E-state index contributed by atoms with van der Waals surface area (Å²) in [6, 6.07) is -2.60. The number of nitrogens with zero attached hydrogens (tertiary/aromatic N) is 1. The van der Waals surface area contributed by atoms with E-state index in [1.165, 1.54) is 51.1 Å². The third kappa shape index (κ3) is 18.1. The van der Waals surface area contributed by atoms with Crippen molar-refractivity contribution in [3.05, 3.63) is 29.8 Å². The highest BCUT2D eigenvalue weighted by Gasteiger charge is 2.41. The van der Waals surface area contributed by atoms with Gasteiger partial charge in [-0.3, -0.25) is 33.6 Å². The first-order valence-electron chi connectivity index (χ1n) is 22.0. The van der Waals surface area contributed by atoms with E-state index in [9.17, 15) is 53.7 Å². The lowest BCUT2D eigenvalue weighted by Crippen LogP contribution is -2.62. The number of hydrogen-bond acceptors (Lipinski definition) is 11. The number of aliphatic hydroxyl groups excluding tert-OH is 2. The fraction of sp³-hybridized carbons (Fsp3) is 0.682. The molecule has 1 aromatic carbocycles. The van der Waals surface area contributed by atoms with E-state index >= 15 is 0 Å². The van der Waals surface area contributed by atoms with Crippen molar-refractivity contribution in [3.63, 3.8) is 0 Å². The molecule has 1 fully saturated rings. The smallest absolute Gasteiger partial charge is 0.248 e. The maximum atomic E-state index is 13.9. The van der Waals surface area contributed by atoms with Gasteiger partial charge in [-0.1, -0.05) is 71.4 Å². The Hall–Kier alpha value is -5.10. The van der Waals surface area contributed by atoms with E-state index in [1.54, 1.807) is 12.1 Å². The molecule has 18 nitrogen and oxygen atoms in total. The van der Waals surface area contributed by atoms with Gasteiger partial charge in [0.25, 0.3) is 0 Å². The lowest BCUT2D eigenvalue weighted by atomic mass is 10.0. The van der Waals surface area contributed by atoms with Crippen molar-refractivity contribution in [2.75, 3.05) is 6.54 Å². The summed E-state index contributed by atoms with van der Waals surface area (Å²) in [7, 11) is 0. The Bertz CT molecular complexity index is 1640. The van der Waals surface area contributed by atoms with E-state index in [4.69, 9.17) is 0 Å². The van der Waals surface area contributed by atoms with E-state index in [0.29, 0.717) is 24.7 Å². The van der Waals surface area contributed by atoms with Crippen LogP contribution in [0.4, 0.5) is 0 Å². The van der Waals surface area contributed by atoms with Gasteiger partial charge < -0.3 is 56.9 Å². The second-order valence-corrected chi connectivity index (χ2v) is 16.9. The van der Waals surface area contributed by atoms with Crippen molar-refractivity contribution in [2.24, 2.45) is 5.92 Å². The Kier molecular flexibility index (Phi) is 23.2. The zero-order valence-electron chi connectivity index (χ0n) is 37.4. The highest BCUT2D eigenvalue weighted by atomic mass is 16.3. The minimum Gasteiger partial charge on any atom is -0.508 e. The number of amides is 7. The Balaban J connectivity index is 2.11. The molecule has 1 aliphatic rings. The molecule has 0 radical (unpaired) electrons. The Morgan fingerprint density at radius 1 is 0.710 bits per heavy atom. The van der Waals surface area contributed by atoms with Gasteiger partial charge in [0.15, 0.2) is 0 Å². The molecule has 348 valence electrons. The molecule has 0 aromatic heterocycles. The molecule has 9 N–H and O–H groups in total. The van der Waals surface area contributed by atoms with E-state index < -0.39 is 89.9 Å². The molecule has 18 heteroatoms. The SMILES string of the molecule is CCCCCCCCCC(=O)N[C@@H](CC(C)C)C(=O)NC(C(=O)N1CCC[C@@H]1C(=O)NC(C(=O)N[C@@H](C)C(=O)N[C@@H](Cc1ccc(O)cc1)C(=O)NC(C)C=O)C(C)O)C(C)O. The number of unbranched alkanes of at least 4 members (excludes halogenated alkanes) is 6. The van der Waals surface area contributed by atoms with Crippen molar-refractivity contribution in [1.29, 1.82) is 0 Å². The lowest BCUT2D eigenvalue weighted by molar-refractivity contribution is -0.145. The molecule has 5 unspecified atom stereocenters. The number of aliphatic hydroxyl groups is 2. The van der Waals surface area contributed by atoms with Gasteiger partial charge in [0.1, 0.15) is 48.3 Å². The first kappa shape index (κ1) is 53.0. The summed E-state index contributed by atoms with van der Waals surface area (Å²) in [5, 5.41) is 46.3. The first-order valence-corrected chi connectivity index (χ1v) is 22.0. The van der Waals surface area contributed by atoms with Crippen LogP contribution in [-0.4, -0.2) is 129 Å². The fourth-order valence-electron chi connectivity index (χ4n) is 7.09. The second kappa shape index (κ2) is 27.1. The fourth-order valence-corrected chi connectivity index (χ4v) is 7.09. The van der Waals surface area contributed by atoms with Gasteiger partial charge in [0.2, 0.25) is 41.4 Å². The van der Waals surface area contributed by atoms with Crippen LogP contribution in [0.5, 0.6) is 5.75 Å². The van der Waals surface area contributed by atoms with Crippen LogP contribution in [0, 0.1) is 5.92 Å². The summed E-state index contributed by atoms with van der Waals surface area (Å²) in [6.07, 6.45) is 5.92. The number of nitrogens with one attached hydrogen (secondary N) is 6. The third-order valence-electron chi connectivity index (χ3n) is 10.6. The van der Waals surface area contributed by atoms with Crippen LogP contribution in [0.2, 0.25) is 0 Å². The van der Waals surface area contributed by atoms with Gasteiger partial charge in [-0.25, -0.2) is 0 Å². The van der Waals surface area contributed by atoms with Crippen LogP contribution in [0.25, 0.3) is 0 Å². The molecule has 0 bridgehead atoms. The number of benzene rings is 1. The molecule has 62 heavy (non-hydrogen) atoms. The molecule has 1 heterocycles. The minimum absolute atomic E-state index is 0.00606. The topological polar surface area (TPSA) is 273 Å². The summed E-state index contributed by atoms with van der Waals surface area (Å²) in [4.78, 5) is 106. The zero-order chi connectivity index (χ0) is 46.5. The molecule has 1 aliphatic heterocycles. The molecular formula is C44H71N7O11. The summed E-state index contributed by atoms with van der Waals surface area (Å²) in [5.74, 6) is -4.91. The van der Waals surface area contributed by atoms with Crippen molar-refractivity contribution in [3.8, 4) is 5.75 Å². The van der Waals surface area contributed by atoms with Gasteiger partial charge in [0, 0.05) is 19.4 Å². The van der Waals surface area contributed by atoms with Crippen LogP contribution >= 0.6 is 0 Å². The van der Waals surface area contributed by atoms with E-state index in [2.05, 4.69) is 38.8 Å². The molecule has 9 atom stereocenters. The number of likely N-dealkylation sites (tertiary alicyclic amines) is 1. The quantitative estimate of drug-likeness (QED) is 0.0445. The summed E-state index contributed by atoms with van der Waals surface area (Å²) >= 11 is 0. The molecule has 1 aromatic rings. The van der Waals surface area contributed by atoms with Gasteiger partial charge in [-0.2, -0.15) is 0 Å². The number of carbonyl (C=O) groups excluding carboxylic acids is 8. The number of rotatable bonds is 27. The Labute approximate surface area is 365 Å². The van der Waals surface area contributed by atoms with Crippen molar-refractivity contribution in [2.45, 2.75) is 180 Å². The molecule has 0 spiro atoms. The third-order valence-corrected chi connectivity index (χ3v) is 10.6. The minimum atomic E-state index is -1.59. The molecule has 2 rings (SSSR count). The van der Waals surface area contributed by atoms with Crippen LogP contribution in [0.3, 0.4) is 0 Å². The van der Waals surface area contributed by atoms with Crippen LogP contribution < -0.4 is 31.9 Å². The van der Waals surface area contributed by atoms with Crippen molar-refractivity contribution in [1.82, 2.24) is 36.8 Å². The molecule has 1 saturated heterocycles. The van der Waals surface area contributed by atoms with Gasteiger partial charge in [-0.05, 0) is 77.0 Å². The van der Waals surface area contributed by atoms with Gasteiger partial charge in [-0.15, -0.1) is 0 Å². The average Bonchev–Trinajstić information content (AvgIpc) is 3.71. The normalized spacial score (nSPS) is 17.6. The number of carbonyl (C=O) groups is 8. The summed E-state index contributed by atoms with van der Waals surface area (Å²) in [6.45, 7) is 11.4. The summed E-state index contributed by atoms with van der Waals surface area (Å²) in [5.41, 5.74) is 0.574. The standard InChI is InChI=1S/C44H71N7O11/c1-8-9-10-11-12-13-14-17-36(56)47-33(23-26(2)3)41(59)50-38(30(7)54)44(62)51-22-15-16-35(51)42(60)49-37(29(6)53)43(61)46-28(5)39(57)48-34(40(58)45-27(4)25-52)24-31-18-20-32(55)21-19-31/h18-21,25-30,33-35,37-38,53-55H,8-17,22-24H2,1-7H3,(H,45,58)(H,46,61)(H,47,56)(H,48,57)(H,49,60)(H,50,59)/t27?,28-,29?,30?,33-,34-,35+,37?,38?/m0/s1.